The zero-order valence-electron chi connectivity index (χ0n) is 10.7. The Balaban J connectivity index is 2.20. The first-order valence-electron chi connectivity index (χ1n) is 6.03. The van der Waals surface area contributed by atoms with E-state index in [1.165, 1.54) is 18.2 Å². The topological polar surface area (TPSA) is 49.6 Å². The molecule has 18 heavy (non-hydrogen) atoms. The maximum absolute atomic E-state index is 13.3. The molecule has 2 N–H and O–H groups in total. The van der Waals surface area contributed by atoms with E-state index >= 15 is 0 Å². The van der Waals surface area contributed by atoms with E-state index in [1.54, 1.807) is 4.90 Å². The fourth-order valence-corrected chi connectivity index (χ4v) is 2.34. The van der Waals surface area contributed by atoms with Gasteiger partial charge in [0, 0.05) is 36.9 Å². The third kappa shape index (κ3) is 2.61. The summed E-state index contributed by atoms with van der Waals surface area (Å²) in [7, 11) is 2.03. The zero-order valence-corrected chi connectivity index (χ0v) is 10.7. The number of rotatable bonds is 1. The van der Waals surface area contributed by atoms with Gasteiger partial charge in [-0.25, -0.2) is 4.39 Å². The molecule has 0 spiro atoms. The van der Waals surface area contributed by atoms with Crippen molar-refractivity contribution < 1.29 is 9.18 Å². The lowest BCUT2D eigenvalue weighted by Crippen LogP contribution is -2.52. The quantitative estimate of drug-likeness (QED) is 0.763. The Labute approximate surface area is 106 Å². The van der Waals surface area contributed by atoms with Crippen LogP contribution in [0.5, 0.6) is 0 Å². The zero-order chi connectivity index (χ0) is 13.3. The molecule has 1 aromatic rings. The summed E-state index contributed by atoms with van der Waals surface area (Å²) in [5.41, 5.74) is 6.17. The van der Waals surface area contributed by atoms with Crippen molar-refractivity contribution in [1.82, 2.24) is 9.80 Å². The van der Waals surface area contributed by atoms with Crippen LogP contribution in [-0.2, 0) is 0 Å². The van der Waals surface area contributed by atoms with Crippen molar-refractivity contribution >= 4 is 11.6 Å². The Morgan fingerprint density at radius 3 is 2.72 bits per heavy atom. The summed E-state index contributed by atoms with van der Waals surface area (Å²) in [6.07, 6.45) is 0. The Bertz CT molecular complexity index is 443. The average molecular weight is 251 g/mol. The number of nitrogens with zero attached hydrogens (tertiary/aromatic N) is 2. The number of halogens is 1. The van der Waals surface area contributed by atoms with Crippen LogP contribution in [0.4, 0.5) is 10.1 Å². The normalized spacial score (nSPS) is 21.1. The highest BCUT2D eigenvalue weighted by Gasteiger charge is 2.26. The molecule has 1 aliphatic rings. The van der Waals surface area contributed by atoms with Gasteiger partial charge in [-0.2, -0.15) is 0 Å². The third-order valence-electron chi connectivity index (χ3n) is 3.26. The minimum atomic E-state index is -0.472. The van der Waals surface area contributed by atoms with Crippen LogP contribution in [0.25, 0.3) is 0 Å². The van der Waals surface area contributed by atoms with Crippen LogP contribution in [0.1, 0.15) is 17.3 Å². The molecule has 1 aromatic carbocycles. The van der Waals surface area contributed by atoms with E-state index in [-0.39, 0.29) is 17.6 Å². The van der Waals surface area contributed by atoms with Crippen LogP contribution in [0.3, 0.4) is 0 Å². The lowest BCUT2D eigenvalue weighted by Gasteiger charge is -2.38. The van der Waals surface area contributed by atoms with Crippen LogP contribution >= 0.6 is 0 Å². The van der Waals surface area contributed by atoms with Gasteiger partial charge in [0.15, 0.2) is 0 Å². The molecule has 4 nitrogen and oxygen atoms in total. The van der Waals surface area contributed by atoms with E-state index in [4.69, 9.17) is 5.73 Å². The number of hydrogen-bond acceptors (Lipinski definition) is 3. The van der Waals surface area contributed by atoms with Crippen LogP contribution < -0.4 is 5.73 Å². The van der Waals surface area contributed by atoms with Gasteiger partial charge in [0.25, 0.3) is 5.91 Å². The molecule has 0 radical (unpaired) electrons. The number of hydrogen-bond donors (Lipinski definition) is 1. The maximum atomic E-state index is 13.3. The molecule has 0 aromatic heterocycles. The number of carbonyl (C=O) groups excluding carboxylic acids is 1. The maximum Gasteiger partial charge on any atom is 0.254 e. The number of nitrogens with two attached hydrogens (primary N) is 1. The minimum Gasteiger partial charge on any atom is -0.399 e. The predicted octanol–water partition coefficient (Wildman–Crippen LogP) is 1.18. The number of nitrogen functional groups attached to an aromatic ring is 1. The van der Waals surface area contributed by atoms with E-state index < -0.39 is 5.82 Å². The van der Waals surface area contributed by atoms with Gasteiger partial charge in [0.1, 0.15) is 5.82 Å². The Morgan fingerprint density at radius 2 is 2.11 bits per heavy atom. The Hall–Kier alpha value is -1.62. The third-order valence-corrected chi connectivity index (χ3v) is 3.26. The highest BCUT2D eigenvalue weighted by Crippen LogP contribution is 2.16. The fourth-order valence-electron chi connectivity index (χ4n) is 2.34. The average Bonchev–Trinajstić information content (AvgIpc) is 2.26. The molecule has 98 valence electrons. The first kappa shape index (κ1) is 12.8. The first-order chi connectivity index (χ1) is 8.47. The molecule has 1 heterocycles. The van der Waals surface area contributed by atoms with Gasteiger partial charge in [-0.15, -0.1) is 0 Å². The number of benzene rings is 1. The standard InChI is InChI=1S/C13H18FN3O/c1-9-8-16(2)3-4-17(9)13(18)10-5-11(14)7-12(15)6-10/h5-7,9H,3-4,8,15H2,1-2H3. The smallest absolute Gasteiger partial charge is 0.254 e. The number of piperazine rings is 1. The van der Waals surface area contributed by atoms with Crippen molar-refractivity contribution in [2.75, 3.05) is 32.4 Å². The molecule has 1 unspecified atom stereocenters. The highest BCUT2D eigenvalue weighted by atomic mass is 19.1. The van der Waals surface area contributed by atoms with Crippen molar-refractivity contribution in [2.45, 2.75) is 13.0 Å². The number of likely N-dealkylation sites (N-methyl/N-ethyl adjacent to an activating group) is 1. The number of carbonyl (C=O) groups is 1. The minimum absolute atomic E-state index is 0.126. The molecule has 1 aliphatic heterocycles. The van der Waals surface area contributed by atoms with E-state index in [1.807, 2.05) is 14.0 Å². The summed E-state index contributed by atoms with van der Waals surface area (Å²) >= 11 is 0. The van der Waals surface area contributed by atoms with Crippen LogP contribution in [0.15, 0.2) is 18.2 Å². The molecule has 2 rings (SSSR count). The molecule has 0 aliphatic carbocycles. The molecule has 1 atom stereocenters. The second-order valence-electron chi connectivity index (χ2n) is 4.88. The van der Waals surface area contributed by atoms with Crippen LogP contribution in [0, 0.1) is 5.82 Å². The van der Waals surface area contributed by atoms with Gasteiger partial charge >= 0.3 is 0 Å². The van der Waals surface area contributed by atoms with E-state index in [0.29, 0.717) is 12.1 Å². The van der Waals surface area contributed by atoms with Crippen molar-refractivity contribution in [3.63, 3.8) is 0 Å². The summed E-state index contributed by atoms with van der Waals surface area (Å²) < 4.78 is 13.3. The molecular formula is C13H18FN3O. The lowest BCUT2D eigenvalue weighted by atomic mass is 10.1. The van der Waals surface area contributed by atoms with Gasteiger partial charge in [-0.1, -0.05) is 0 Å². The van der Waals surface area contributed by atoms with E-state index in [0.717, 1.165) is 13.1 Å². The number of anilines is 1. The van der Waals surface area contributed by atoms with Crippen molar-refractivity contribution in [3.05, 3.63) is 29.6 Å². The van der Waals surface area contributed by atoms with Crippen molar-refractivity contribution in [3.8, 4) is 0 Å². The summed E-state index contributed by atoms with van der Waals surface area (Å²) in [5, 5.41) is 0. The van der Waals surface area contributed by atoms with Gasteiger partial charge in [-0.3, -0.25) is 4.79 Å². The van der Waals surface area contributed by atoms with Crippen LogP contribution in [-0.4, -0.2) is 48.4 Å². The second kappa shape index (κ2) is 4.94. The summed E-state index contributed by atoms with van der Waals surface area (Å²) in [4.78, 5) is 16.3. The monoisotopic (exact) mass is 251 g/mol. The molecule has 1 saturated heterocycles. The summed E-state index contributed by atoms with van der Waals surface area (Å²) in [5.74, 6) is -0.623. The Kier molecular flexibility index (Phi) is 3.52. The molecule has 5 heteroatoms. The lowest BCUT2D eigenvalue weighted by molar-refractivity contribution is 0.0533. The van der Waals surface area contributed by atoms with Gasteiger partial charge in [0.2, 0.25) is 0 Å². The highest BCUT2D eigenvalue weighted by molar-refractivity contribution is 5.95. The van der Waals surface area contributed by atoms with E-state index in [9.17, 15) is 9.18 Å². The van der Waals surface area contributed by atoms with Crippen LogP contribution in [0.2, 0.25) is 0 Å². The van der Waals surface area contributed by atoms with Gasteiger partial charge < -0.3 is 15.5 Å². The van der Waals surface area contributed by atoms with Gasteiger partial charge in [0.05, 0.1) is 0 Å². The largest absolute Gasteiger partial charge is 0.399 e. The molecular weight excluding hydrogens is 233 g/mol. The Morgan fingerprint density at radius 1 is 1.39 bits per heavy atom. The fraction of sp³-hybridized carbons (Fsp3) is 0.462. The van der Waals surface area contributed by atoms with Crippen molar-refractivity contribution in [2.24, 2.45) is 0 Å². The molecule has 0 saturated carbocycles. The summed E-state index contributed by atoms with van der Waals surface area (Å²) in [6, 6.07) is 4.10. The SMILES string of the molecule is CC1CN(C)CCN1C(=O)c1cc(N)cc(F)c1. The van der Waals surface area contributed by atoms with Gasteiger partial charge in [-0.05, 0) is 32.2 Å². The molecule has 1 fully saturated rings. The first-order valence-corrected chi connectivity index (χ1v) is 6.03. The number of amides is 1. The van der Waals surface area contributed by atoms with Crippen molar-refractivity contribution in [1.29, 1.82) is 0 Å². The van der Waals surface area contributed by atoms with E-state index in [2.05, 4.69) is 4.90 Å². The molecule has 0 bridgehead atoms. The molecule has 1 amide bonds. The second-order valence-corrected chi connectivity index (χ2v) is 4.88. The predicted molar refractivity (Wildman–Crippen MR) is 68.8 cm³/mol. The summed E-state index contributed by atoms with van der Waals surface area (Å²) in [6.45, 7) is 4.32.